The Morgan fingerprint density at radius 2 is 1.50 bits per heavy atom. The minimum absolute atomic E-state index is 0.0341. The maximum atomic E-state index is 13.5. The summed E-state index contributed by atoms with van der Waals surface area (Å²) < 4.78 is 30.1. The van der Waals surface area contributed by atoms with Crippen LogP contribution in [0.4, 0.5) is 10.5 Å². The van der Waals surface area contributed by atoms with Gasteiger partial charge in [-0.05, 0) is 124 Å². The number of aliphatic hydroxyl groups excluding tert-OH is 2. The van der Waals surface area contributed by atoms with E-state index in [0.29, 0.717) is 50.8 Å². The molecular formula is C65H84N4O13. The number of fused-ring (bicyclic) bond motifs is 3. The van der Waals surface area contributed by atoms with Gasteiger partial charge in [-0.1, -0.05) is 117 Å². The second-order valence-electron chi connectivity index (χ2n) is 23.7. The number of carbonyl (C=O) groups is 6. The van der Waals surface area contributed by atoms with Gasteiger partial charge in [-0.2, -0.15) is 0 Å². The van der Waals surface area contributed by atoms with E-state index < -0.39 is 60.0 Å². The number of ketones is 1. The summed E-state index contributed by atoms with van der Waals surface area (Å²) in [7, 11) is 0. The van der Waals surface area contributed by atoms with Crippen LogP contribution in [0, 0.1) is 17.8 Å². The maximum Gasteiger partial charge on any atom is 0.407 e. The molecule has 17 heteroatoms. The van der Waals surface area contributed by atoms with E-state index in [-0.39, 0.29) is 85.1 Å². The Morgan fingerprint density at radius 1 is 0.829 bits per heavy atom. The molecule has 4 amide bonds. The van der Waals surface area contributed by atoms with Crippen molar-refractivity contribution in [3.05, 3.63) is 125 Å². The monoisotopic (exact) mass is 1130 g/mol. The highest BCUT2D eigenvalue weighted by Crippen LogP contribution is 2.45. The zero-order chi connectivity index (χ0) is 58.7. The largest absolute Gasteiger partial charge is 0.462 e. The van der Waals surface area contributed by atoms with Crippen LogP contribution in [0.2, 0.25) is 0 Å². The molecule has 8 rings (SSSR count). The van der Waals surface area contributed by atoms with E-state index in [4.69, 9.17) is 23.7 Å². The van der Waals surface area contributed by atoms with Crippen LogP contribution in [0.15, 0.2) is 109 Å². The number of ether oxygens (including phenoxy) is 5. The summed E-state index contributed by atoms with van der Waals surface area (Å²) in [5.74, 6) is -1.62. The fraction of sp³-hybridized carbons (Fsp3) is 0.538. The molecule has 3 aromatic carbocycles. The van der Waals surface area contributed by atoms with Gasteiger partial charge < -0.3 is 55.2 Å². The molecule has 3 aliphatic heterocycles. The lowest BCUT2D eigenvalue weighted by molar-refractivity contribution is -0.151. The van der Waals surface area contributed by atoms with Crippen molar-refractivity contribution >= 4 is 41.3 Å². The second-order valence-corrected chi connectivity index (χ2v) is 23.7. The van der Waals surface area contributed by atoms with Gasteiger partial charge in [0.25, 0.3) is 0 Å². The van der Waals surface area contributed by atoms with Crippen LogP contribution in [0.25, 0.3) is 11.1 Å². The molecule has 442 valence electrons. The first-order valence-electron chi connectivity index (χ1n) is 29.4. The zero-order valence-corrected chi connectivity index (χ0v) is 48.5. The number of epoxide rings is 1. The third kappa shape index (κ3) is 16.4. The molecule has 3 aromatic rings. The summed E-state index contributed by atoms with van der Waals surface area (Å²) in [6.45, 7) is 13.3. The normalized spacial score (nSPS) is 27.2. The Hall–Kier alpha value is -6.50. The summed E-state index contributed by atoms with van der Waals surface area (Å²) in [4.78, 5) is 79.2. The number of anilines is 1. The molecule has 0 aromatic heterocycles. The number of hydrogen-bond acceptors (Lipinski definition) is 13. The van der Waals surface area contributed by atoms with E-state index in [0.717, 1.165) is 52.7 Å². The topological polar surface area (TPSA) is 240 Å². The number of para-hydroxylation sites is 1. The molecule has 1 saturated carbocycles. The van der Waals surface area contributed by atoms with Crippen LogP contribution in [0.5, 0.6) is 0 Å². The molecule has 6 N–H and O–H groups in total. The Kier molecular flexibility index (Phi) is 21.2. The van der Waals surface area contributed by atoms with Crippen molar-refractivity contribution in [2.75, 3.05) is 18.5 Å². The minimum atomic E-state index is -0.969. The highest BCUT2D eigenvalue weighted by Gasteiger charge is 2.58. The van der Waals surface area contributed by atoms with Crippen LogP contribution in [-0.2, 0) is 54.1 Å². The Morgan fingerprint density at radius 3 is 2.17 bits per heavy atom. The minimum Gasteiger partial charge on any atom is -0.462 e. The lowest BCUT2D eigenvalue weighted by atomic mass is 9.82. The van der Waals surface area contributed by atoms with Gasteiger partial charge in [0.2, 0.25) is 17.7 Å². The molecule has 0 bridgehead atoms. The van der Waals surface area contributed by atoms with Gasteiger partial charge in [0.05, 0.1) is 37.1 Å². The van der Waals surface area contributed by atoms with Crippen LogP contribution in [-0.4, -0.2) is 125 Å². The van der Waals surface area contributed by atoms with E-state index in [1.807, 2.05) is 74.5 Å². The van der Waals surface area contributed by atoms with E-state index in [9.17, 15) is 39.0 Å². The number of carbonyl (C=O) groups excluding carboxylic acids is 6. The molecule has 1 unspecified atom stereocenters. The summed E-state index contributed by atoms with van der Waals surface area (Å²) in [6.07, 6.45) is 10.5. The predicted molar refractivity (Wildman–Crippen MR) is 310 cm³/mol. The number of benzene rings is 3. The molecule has 3 heterocycles. The Balaban J connectivity index is 0.726. The summed E-state index contributed by atoms with van der Waals surface area (Å²) in [5.41, 5.74) is 5.85. The van der Waals surface area contributed by atoms with Crippen molar-refractivity contribution in [2.24, 2.45) is 17.8 Å². The predicted octanol–water partition coefficient (Wildman–Crippen LogP) is 8.49. The number of alkyl carbamates (subject to hydrolysis) is 1. The first-order chi connectivity index (χ1) is 39.2. The van der Waals surface area contributed by atoms with Crippen molar-refractivity contribution in [3.63, 3.8) is 0 Å². The highest BCUT2D eigenvalue weighted by atomic mass is 16.6. The van der Waals surface area contributed by atoms with Gasteiger partial charge >= 0.3 is 12.1 Å². The van der Waals surface area contributed by atoms with Crippen molar-refractivity contribution in [1.29, 1.82) is 0 Å². The third-order valence-electron chi connectivity index (χ3n) is 16.8. The highest BCUT2D eigenvalue weighted by molar-refractivity contribution is 5.98. The number of aliphatic hydroxyl groups is 2. The van der Waals surface area contributed by atoms with E-state index in [2.05, 4.69) is 46.4 Å². The Labute approximate surface area is 482 Å². The van der Waals surface area contributed by atoms with Crippen LogP contribution >= 0.6 is 0 Å². The van der Waals surface area contributed by atoms with Crippen LogP contribution in [0.1, 0.15) is 135 Å². The lowest BCUT2D eigenvalue weighted by Crippen LogP contribution is -2.53. The second kappa shape index (κ2) is 28.2. The number of amides is 4. The lowest BCUT2D eigenvalue weighted by Gasteiger charge is -2.39. The number of nitrogens with one attached hydrogen (secondary N) is 4. The summed E-state index contributed by atoms with van der Waals surface area (Å²) in [5, 5.41) is 32.1. The number of allylic oxidation sites excluding steroid dienone is 2. The molecule has 5 aliphatic rings. The van der Waals surface area contributed by atoms with E-state index >= 15 is 0 Å². The van der Waals surface area contributed by atoms with E-state index in [1.54, 1.807) is 39.8 Å². The molecule has 1 spiro atoms. The van der Waals surface area contributed by atoms with Crippen LogP contribution in [0.3, 0.4) is 0 Å². The van der Waals surface area contributed by atoms with Crippen molar-refractivity contribution in [2.45, 2.75) is 191 Å². The van der Waals surface area contributed by atoms with Gasteiger partial charge in [0.15, 0.2) is 0 Å². The molecule has 17 nitrogen and oxygen atoms in total. The SMILES string of the molecule is CC(/C=C/[C@H]1O[C@H](CC(=O)CC2CCC(OC(=O)CCc3ccccc3NC(=O)[C@H](C)NC(=O)[C@@H](NC(=O)OCC3c4ccccc4-c4ccccc43)C(C)C)CC2)C[C@@]2(CO2)[C@@H]1O)=C\C[C@@H]1O[C@H](C)C(NC(=O)/C=C\[C@H](C)O)C[C@@H]1C. The fourth-order valence-electron chi connectivity index (χ4n) is 12.0. The average Bonchev–Trinajstić information content (AvgIpc) is 3.00. The smallest absolute Gasteiger partial charge is 0.407 e. The molecule has 82 heavy (non-hydrogen) atoms. The molecule has 4 fully saturated rings. The molecule has 11 atom stereocenters. The number of Topliss-reactive ketones (excluding diaryl/α,β-unsaturated/α-hetero) is 1. The summed E-state index contributed by atoms with van der Waals surface area (Å²) in [6, 6.07) is 21.2. The van der Waals surface area contributed by atoms with Crippen LogP contribution < -0.4 is 21.3 Å². The first kappa shape index (κ1) is 61.6. The third-order valence-corrected chi connectivity index (χ3v) is 16.8. The van der Waals surface area contributed by atoms with Gasteiger partial charge in [-0.3, -0.25) is 24.0 Å². The van der Waals surface area contributed by atoms with Gasteiger partial charge in [0, 0.05) is 43.4 Å². The standard InChI is InChI=1S/C65H84N4O13/c1-38(2)60(69-64(77)78-36-53-51-17-11-9-15-49(51)50-16-10-12-18-52(50)53)63(76)66-42(6)62(75)68-54-19-13-8-14-45(54)25-31-59(73)82-47-26-23-44(24-27-47)33-46(71)34-48-35-65(37-79-65)61(74)57(81-48)29-21-39(3)20-28-56-40(4)32-55(43(7)80-56)67-58(72)30-22-41(5)70/h8-22,29-30,38,40-44,47-48,53,55-57,60-61,70,74H,23-28,31-37H2,1-7H3,(H,66,76)(H,67,72)(H,68,75)(H,69,77)/b29-21+,30-22-,39-20+/t40-,41-,42-,43+,44?,47?,48+,55?,56-,57+,60-,61+,65+/m0/s1. The number of aryl methyl sites for hydroxylation is 1. The zero-order valence-electron chi connectivity index (χ0n) is 48.5. The van der Waals surface area contributed by atoms with E-state index in [1.165, 1.54) is 12.2 Å². The fourth-order valence-corrected chi connectivity index (χ4v) is 12.0. The van der Waals surface area contributed by atoms with Gasteiger partial charge in [-0.15, -0.1) is 0 Å². The average molecular weight is 1130 g/mol. The van der Waals surface area contributed by atoms with Gasteiger partial charge in [0.1, 0.15) is 48.4 Å². The maximum absolute atomic E-state index is 13.5. The first-order valence-corrected chi connectivity index (χ1v) is 29.4. The number of esters is 1. The molecule has 3 saturated heterocycles. The van der Waals surface area contributed by atoms with Gasteiger partial charge in [-0.25, -0.2) is 4.79 Å². The number of rotatable bonds is 23. The van der Waals surface area contributed by atoms with Crippen molar-refractivity contribution < 1.29 is 62.7 Å². The molecule has 2 aliphatic carbocycles. The number of hydrogen-bond donors (Lipinski definition) is 6. The molecular weight excluding hydrogens is 1040 g/mol. The van der Waals surface area contributed by atoms with Crippen molar-refractivity contribution in [3.8, 4) is 11.1 Å². The summed E-state index contributed by atoms with van der Waals surface area (Å²) >= 11 is 0. The van der Waals surface area contributed by atoms with Crippen molar-refractivity contribution in [1.82, 2.24) is 16.0 Å². The Bertz CT molecular complexity index is 2790. The quantitative estimate of drug-likeness (QED) is 0.0226. The molecule has 0 radical (unpaired) electrons.